The SMILES string of the molecule is CC1CC2CC(C1)CC(C)(NC(=O)COCCOCC(=O)NC13CC4CC(CC(C4)C1)C3)C2. The number of carbonyl (C=O) groups excluding carboxylic acids is 2. The molecule has 6 aliphatic carbocycles. The van der Waals surface area contributed by atoms with E-state index in [4.69, 9.17) is 9.47 Å². The molecular formula is C27H44N2O4. The molecule has 0 aromatic rings. The number of hydrogen-bond acceptors (Lipinski definition) is 4. The van der Waals surface area contributed by atoms with Crippen molar-refractivity contribution in [2.45, 2.75) is 95.6 Å². The number of hydrogen-bond donors (Lipinski definition) is 2. The minimum absolute atomic E-state index is 0.000201. The molecule has 0 aromatic heterocycles. The van der Waals surface area contributed by atoms with Gasteiger partial charge in [-0.3, -0.25) is 9.59 Å². The summed E-state index contributed by atoms with van der Waals surface area (Å²) in [6.45, 7) is 5.37. The summed E-state index contributed by atoms with van der Waals surface area (Å²) in [6, 6.07) is 0. The molecule has 0 aromatic carbocycles. The van der Waals surface area contributed by atoms with E-state index in [-0.39, 0.29) is 36.1 Å². The van der Waals surface area contributed by atoms with Gasteiger partial charge >= 0.3 is 0 Å². The highest BCUT2D eigenvalue weighted by atomic mass is 16.5. The average Bonchev–Trinajstić information content (AvgIpc) is 2.67. The van der Waals surface area contributed by atoms with Crippen molar-refractivity contribution in [3.05, 3.63) is 0 Å². The Hall–Kier alpha value is -1.14. The summed E-state index contributed by atoms with van der Waals surface area (Å²) in [4.78, 5) is 24.9. The number of fused-ring (bicyclic) bond motifs is 2. The number of ether oxygens (including phenoxy) is 2. The van der Waals surface area contributed by atoms with Gasteiger partial charge in [0.05, 0.1) is 13.2 Å². The van der Waals surface area contributed by atoms with Crippen molar-refractivity contribution in [1.82, 2.24) is 10.6 Å². The third-order valence-corrected chi connectivity index (χ3v) is 9.34. The van der Waals surface area contributed by atoms with Crippen molar-refractivity contribution in [2.75, 3.05) is 26.4 Å². The van der Waals surface area contributed by atoms with Gasteiger partial charge in [0.1, 0.15) is 13.2 Å². The maximum Gasteiger partial charge on any atom is 0.246 e. The van der Waals surface area contributed by atoms with Crippen LogP contribution in [0.3, 0.4) is 0 Å². The first-order chi connectivity index (χ1) is 15.8. The second kappa shape index (κ2) is 9.49. The average molecular weight is 461 g/mol. The van der Waals surface area contributed by atoms with Crippen molar-refractivity contribution in [3.63, 3.8) is 0 Å². The van der Waals surface area contributed by atoms with E-state index in [0.29, 0.717) is 13.2 Å². The van der Waals surface area contributed by atoms with Gasteiger partial charge in [0.25, 0.3) is 0 Å². The fourth-order valence-electron chi connectivity index (χ4n) is 9.11. The molecule has 2 N–H and O–H groups in total. The summed E-state index contributed by atoms with van der Waals surface area (Å²) in [5.74, 6) is 4.73. The van der Waals surface area contributed by atoms with Gasteiger partial charge < -0.3 is 20.1 Å². The quantitative estimate of drug-likeness (QED) is 0.513. The molecule has 186 valence electrons. The Morgan fingerprint density at radius 3 is 1.61 bits per heavy atom. The molecule has 6 aliphatic rings. The van der Waals surface area contributed by atoms with E-state index in [1.807, 2.05) is 0 Å². The van der Waals surface area contributed by atoms with Crippen molar-refractivity contribution < 1.29 is 19.1 Å². The molecule has 0 heterocycles. The molecule has 6 bridgehead atoms. The van der Waals surface area contributed by atoms with Crippen LogP contribution >= 0.6 is 0 Å². The largest absolute Gasteiger partial charge is 0.369 e. The predicted molar refractivity (Wildman–Crippen MR) is 126 cm³/mol. The van der Waals surface area contributed by atoms with Gasteiger partial charge in [0.2, 0.25) is 11.8 Å². The maximum atomic E-state index is 12.5. The Morgan fingerprint density at radius 1 is 0.697 bits per heavy atom. The highest BCUT2D eigenvalue weighted by Crippen LogP contribution is 2.55. The fraction of sp³-hybridized carbons (Fsp3) is 0.926. The van der Waals surface area contributed by atoms with E-state index in [1.165, 1.54) is 38.5 Å². The van der Waals surface area contributed by atoms with Crippen LogP contribution < -0.4 is 10.6 Å². The van der Waals surface area contributed by atoms with Crippen LogP contribution in [-0.2, 0) is 19.1 Å². The van der Waals surface area contributed by atoms with Crippen LogP contribution in [-0.4, -0.2) is 49.3 Å². The van der Waals surface area contributed by atoms with Crippen molar-refractivity contribution >= 4 is 11.8 Å². The van der Waals surface area contributed by atoms with Crippen LogP contribution in [0.15, 0.2) is 0 Å². The molecule has 0 radical (unpaired) electrons. The van der Waals surface area contributed by atoms with Gasteiger partial charge in [0.15, 0.2) is 0 Å². The summed E-state index contributed by atoms with van der Waals surface area (Å²) in [7, 11) is 0. The third kappa shape index (κ3) is 5.75. The van der Waals surface area contributed by atoms with Gasteiger partial charge in [-0.2, -0.15) is 0 Å². The molecule has 33 heavy (non-hydrogen) atoms. The Kier molecular flexibility index (Phi) is 6.78. The van der Waals surface area contributed by atoms with Crippen LogP contribution in [0.25, 0.3) is 0 Å². The Balaban J connectivity index is 0.949. The first-order valence-electron chi connectivity index (χ1n) is 13.6. The lowest BCUT2D eigenvalue weighted by Crippen LogP contribution is -2.60. The summed E-state index contributed by atoms with van der Waals surface area (Å²) >= 11 is 0. The van der Waals surface area contributed by atoms with Crippen molar-refractivity contribution in [1.29, 1.82) is 0 Å². The van der Waals surface area contributed by atoms with Crippen LogP contribution in [0.5, 0.6) is 0 Å². The first kappa shape index (κ1) is 23.6. The molecule has 6 heteroatoms. The van der Waals surface area contributed by atoms with Gasteiger partial charge in [-0.25, -0.2) is 0 Å². The molecule has 6 saturated carbocycles. The van der Waals surface area contributed by atoms with E-state index in [0.717, 1.165) is 67.6 Å². The van der Waals surface area contributed by atoms with Gasteiger partial charge in [-0.1, -0.05) is 6.92 Å². The topological polar surface area (TPSA) is 76.7 Å². The second-order valence-electron chi connectivity index (χ2n) is 12.9. The molecule has 0 saturated heterocycles. The van der Waals surface area contributed by atoms with E-state index in [2.05, 4.69) is 24.5 Å². The van der Waals surface area contributed by atoms with Crippen molar-refractivity contribution in [2.24, 2.45) is 35.5 Å². The van der Waals surface area contributed by atoms with Crippen LogP contribution in [0.2, 0.25) is 0 Å². The molecule has 6 rings (SSSR count). The lowest BCUT2D eigenvalue weighted by atomic mass is 9.53. The molecule has 6 fully saturated rings. The lowest BCUT2D eigenvalue weighted by Gasteiger charge is -2.56. The first-order valence-corrected chi connectivity index (χ1v) is 13.6. The van der Waals surface area contributed by atoms with Gasteiger partial charge in [-0.05, 0) is 113 Å². The lowest BCUT2D eigenvalue weighted by molar-refractivity contribution is -0.134. The number of amides is 2. The maximum absolute atomic E-state index is 12.5. The summed E-state index contributed by atoms with van der Waals surface area (Å²) in [6.07, 6.45) is 13.7. The zero-order valence-electron chi connectivity index (χ0n) is 20.7. The normalized spacial score (nSPS) is 43.3. The fourth-order valence-corrected chi connectivity index (χ4v) is 9.11. The number of rotatable bonds is 9. The van der Waals surface area contributed by atoms with Crippen LogP contribution in [0.4, 0.5) is 0 Å². The summed E-state index contributed by atoms with van der Waals surface area (Å²) in [5, 5.41) is 6.58. The third-order valence-electron chi connectivity index (χ3n) is 9.34. The number of carbonyl (C=O) groups is 2. The molecule has 2 atom stereocenters. The standard InChI is InChI=1S/C27H44N2O4/c1-18-5-19-7-20(6-18)12-26(2,11-19)28-24(30)16-32-3-4-33-17-25(31)29-27-13-21-8-22(14-27)10-23(9-21)15-27/h18-23H,3-17H2,1-2H3,(H,28,30)(H,29,31). The smallest absolute Gasteiger partial charge is 0.246 e. The van der Waals surface area contributed by atoms with Crippen LogP contribution in [0.1, 0.15) is 84.5 Å². The molecule has 0 spiro atoms. The van der Waals surface area contributed by atoms with Crippen LogP contribution in [0, 0.1) is 35.5 Å². The Morgan fingerprint density at radius 2 is 1.12 bits per heavy atom. The predicted octanol–water partition coefficient (Wildman–Crippen LogP) is 3.83. The highest BCUT2D eigenvalue weighted by molar-refractivity contribution is 5.78. The molecule has 0 aliphatic heterocycles. The Bertz CT molecular complexity index is 684. The van der Waals surface area contributed by atoms with Crippen molar-refractivity contribution in [3.8, 4) is 0 Å². The molecule has 2 amide bonds. The van der Waals surface area contributed by atoms with Gasteiger partial charge in [-0.15, -0.1) is 0 Å². The van der Waals surface area contributed by atoms with E-state index >= 15 is 0 Å². The zero-order valence-corrected chi connectivity index (χ0v) is 20.7. The second-order valence-corrected chi connectivity index (χ2v) is 12.9. The molecule has 6 nitrogen and oxygen atoms in total. The Labute approximate surface area is 199 Å². The van der Waals surface area contributed by atoms with Gasteiger partial charge in [0, 0.05) is 11.1 Å². The van der Waals surface area contributed by atoms with E-state index in [1.54, 1.807) is 0 Å². The molecule has 2 unspecified atom stereocenters. The minimum atomic E-state index is -0.0972. The highest BCUT2D eigenvalue weighted by Gasteiger charge is 2.51. The number of nitrogens with one attached hydrogen (secondary N) is 2. The summed E-state index contributed by atoms with van der Waals surface area (Å²) < 4.78 is 11.1. The zero-order chi connectivity index (χ0) is 23.1. The minimum Gasteiger partial charge on any atom is -0.369 e. The van der Waals surface area contributed by atoms with E-state index in [9.17, 15) is 9.59 Å². The molecular weight excluding hydrogens is 416 g/mol. The monoisotopic (exact) mass is 460 g/mol. The summed E-state index contributed by atoms with van der Waals surface area (Å²) in [5.41, 5.74) is -0.0600. The van der Waals surface area contributed by atoms with E-state index < -0.39 is 0 Å².